The standard InChI is InChI=1S/C32H43B/c1-19(2)23-17-25(20(3)4)30(26(18-23)21(5)6)33-31(8,9)27-14-12-13-24-22(7)15-16-28(29(24)27)32(33,10)11/h12-21H,1-11H3. The second-order valence-corrected chi connectivity index (χ2v) is 12.6. The van der Waals surface area contributed by atoms with Gasteiger partial charge in [0.1, 0.15) is 0 Å². The molecule has 0 radical (unpaired) electrons. The minimum absolute atomic E-state index is 0.0242. The van der Waals surface area contributed by atoms with E-state index in [0.717, 1.165) is 0 Å². The van der Waals surface area contributed by atoms with E-state index < -0.39 is 0 Å². The van der Waals surface area contributed by atoms with Crippen LogP contribution >= 0.6 is 0 Å². The molecule has 0 amide bonds. The van der Waals surface area contributed by atoms with Gasteiger partial charge in [-0.1, -0.05) is 128 Å². The van der Waals surface area contributed by atoms with Crippen LogP contribution in [0, 0.1) is 6.92 Å². The van der Waals surface area contributed by atoms with Gasteiger partial charge in [0.15, 0.2) is 6.71 Å². The summed E-state index contributed by atoms with van der Waals surface area (Å²) in [6, 6.07) is 16.8. The SMILES string of the molecule is Cc1ccc2c3c(cccc13)C(C)(C)B(c1c(C(C)C)cc(C(C)C)cc1C(C)C)C2(C)C. The van der Waals surface area contributed by atoms with Gasteiger partial charge in [0, 0.05) is 0 Å². The quantitative estimate of drug-likeness (QED) is 0.358. The van der Waals surface area contributed by atoms with E-state index in [1.165, 1.54) is 33.0 Å². The monoisotopic (exact) mass is 438 g/mol. The lowest BCUT2D eigenvalue weighted by Gasteiger charge is -2.50. The molecule has 3 aromatic rings. The zero-order valence-corrected chi connectivity index (χ0v) is 22.9. The summed E-state index contributed by atoms with van der Waals surface area (Å²) >= 11 is 0. The molecular formula is C32H43B. The summed E-state index contributed by atoms with van der Waals surface area (Å²) < 4.78 is 0. The zero-order chi connectivity index (χ0) is 24.5. The maximum Gasteiger partial charge on any atom is 0.197 e. The Morgan fingerprint density at radius 1 is 0.667 bits per heavy atom. The molecule has 1 aliphatic rings. The van der Waals surface area contributed by atoms with E-state index in [-0.39, 0.29) is 10.6 Å². The highest BCUT2D eigenvalue weighted by atomic mass is 14.4. The summed E-state index contributed by atoms with van der Waals surface area (Å²) in [5.41, 5.74) is 10.6. The van der Waals surface area contributed by atoms with E-state index >= 15 is 0 Å². The van der Waals surface area contributed by atoms with Gasteiger partial charge in [-0.25, -0.2) is 0 Å². The third-order valence-electron chi connectivity index (χ3n) is 8.56. The van der Waals surface area contributed by atoms with Crippen molar-refractivity contribution >= 4 is 22.9 Å². The van der Waals surface area contributed by atoms with Crippen LogP contribution in [0.3, 0.4) is 0 Å². The van der Waals surface area contributed by atoms with Gasteiger partial charge in [0.2, 0.25) is 0 Å². The molecule has 0 spiro atoms. The van der Waals surface area contributed by atoms with Crippen molar-refractivity contribution in [1.82, 2.24) is 0 Å². The van der Waals surface area contributed by atoms with Gasteiger partial charge < -0.3 is 0 Å². The van der Waals surface area contributed by atoms with E-state index in [4.69, 9.17) is 0 Å². The Morgan fingerprint density at radius 2 is 1.18 bits per heavy atom. The van der Waals surface area contributed by atoms with Crippen LogP contribution in [0.5, 0.6) is 0 Å². The van der Waals surface area contributed by atoms with Crippen molar-refractivity contribution in [3.8, 4) is 0 Å². The van der Waals surface area contributed by atoms with Gasteiger partial charge >= 0.3 is 0 Å². The van der Waals surface area contributed by atoms with Gasteiger partial charge in [-0.2, -0.15) is 0 Å². The molecule has 0 unspecified atom stereocenters. The second-order valence-electron chi connectivity index (χ2n) is 12.6. The fraction of sp³-hybridized carbons (Fsp3) is 0.500. The molecule has 174 valence electrons. The largest absolute Gasteiger partial charge is 0.197 e. The Labute approximate surface area is 203 Å². The maximum atomic E-state index is 2.54. The van der Waals surface area contributed by atoms with Crippen molar-refractivity contribution in [1.29, 1.82) is 0 Å². The first-order chi connectivity index (χ1) is 15.3. The Hall–Kier alpha value is -2.02. The number of hydrogen-bond acceptors (Lipinski definition) is 0. The fourth-order valence-electron chi connectivity index (χ4n) is 6.91. The molecule has 0 aliphatic carbocycles. The smallest absolute Gasteiger partial charge is 0.0714 e. The van der Waals surface area contributed by atoms with Crippen molar-refractivity contribution in [2.45, 2.75) is 105 Å². The number of hydrogen-bond donors (Lipinski definition) is 0. The molecule has 1 aliphatic heterocycles. The molecule has 0 saturated carbocycles. The van der Waals surface area contributed by atoms with Crippen molar-refractivity contribution in [2.75, 3.05) is 0 Å². The molecule has 4 rings (SSSR count). The van der Waals surface area contributed by atoms with Crippen LogP contribution in [0.1, 0.15) is 120 Å². The van der Waals surface area contributed by atoms with Crippen molar-refractivity contribution < 1.29 is 0 Å². The summed E-state index contributed by atoms with van der Waals surface area (Å²) in [4.78, 5) is 0. The van der Waals surface area contributed by atoms with Crippen LogP contribution in [-0.2, 0) is 10.6 Å². The van der Waals surface area contributed by atoms with Crippen LogP contribution in [0.25, 0.3) is 10.8 Å². The summed E-state index contributed by atoms with van der Waals surface area (Å²) in [7, 11) is 0. The number of benzene rings is 3. The Balaban J connectivity index is 2.13. The third-order valence-corrected chi connectivity index (χ3v) is 8.56. The summed E-state index contributed by atoms with van der Waals surface area (Å²) in [5.74, 6) is 1.54. The van der Waals surface area contributed by atoms with Crippen molar-refractivity contribution in [3.63, 3.8) is 0 Å². The molecule has 0 atom stereocenters. The van der Waals surface area contributed by atoms with E-state index in [1.807, 2.05) is 0 Å². The van der Waals surface area contributed by atoms with E-state index in [9.17, 15) is 0 Å². The summed E-state index contributed by atoms with van der Waals surface area (Å²) in [5, 5.41) is 2.97. The number of aryl methyl sites for hydroxylation is 1. The molecule has 0 N–H and O–H groups in total. The van der Waals surface area contributed by atoms with E-state index in [2.05, 4.69) is 119 Å². The molecule has 1 heteroatoms. The first kappa shape index (κ1) is 24.1. The third kappa shape index (κ3) is 3.58. The molecule has 0 nitrogen and oxygen atoms in total. The molecular weight excluding hydrogens is 395 g/mol. The Bertz CT molecular complexity index is 1160. The first-order valence-electron chi connectivity index (χ1n) is 13.0. The summed E-state index contributed by atoms with van der Waals surface area (Å²) in [6.07, 6.45) is 0. The highest BCUT2D eigenvalue weighted by molar-refractivity contribution is 6.80. The highest BCUT2D eigenvalue weighted by Gasteiger charge is 2.53. The van der Waals surface area contributed by atoms with Crippen LogP contribution in [0.15, 0.2) is 42.5 Å². The minimum Gasteiger partial charge on any atom is -0.0714 e. The topological polar surface area (TPSA) is 0 Å². The van der Waals surface area contributed by atoms with E-state index in [1.54, 1.807) is 16.6 Å². The molecule has 0 saturated heterocycles. The molecule has 1 heterocycles. The lowest BCUT2D eigenvalue weighted by Crippen LogP contribution is -2.63. The molecule has 0 fully saturated rings. The zero-order valence-electron chi connectivity index (χ0n) is 22.9. The first-order valence-corrected chi connectivity index (χ1v) is 13.0. The Kier molecular flexibility index (Phi) is 5.87. The normalized spacial score (nSPS) is 17.0. The predicted octanol–water partition coefficient (Wildman–Crippen LogP) is 8.57. The van der Waals surface area contributed by atoms with Crippen LogP contribution in [0.2, 0.25) is 0 Å². The van der Waals surface area contributed by atoms with Crippen LogP contribution in [-0.4, -0.2) is 6.71 Å². The fourth-order valence-corrected chi connectivity index (χ4v) is 6.91. The minimum atomic E-state index is 0.0242. The van der Waals surface area contributed by atoms with Crippen molar-refractivity contribution in [3.05, 3.63) is 75.8 Å². The molecule has 0 aromatic heterocycles. The maximum absolute atomic E-state index is 2.54. The van der Waals surface area contributed by atoms with Crippen molar-refractivity contribution in [2.24, 2.45) is 0 Å². The predicted molar refractivity (Wildman–Crippen MR) is 149 cm³/mol. The molecule has 33 heavy (non-hydrogen) atoms. The van der Waals surface area contributed by atoms with Gasteiger partial charge in [0.25, 0.3) is 0 Å². The van der Waals surface area contributed by atoms with Gasteiger partial charge in [-0.3, -0.25) is 0 Å². The van der Waals surface area contributed by atoms with E-state index in [0.29, 0.717) is 24.5 Å². The average Bonchev–Trinajstić information content (AvgIpc) is 2.72. The van der Waals surface area contributed by atoms with Crippen LogP contribution in [0.4, 0.5) is 0 Å². The summed E-state index contributed by atoms with van der Waals surface area (Å²) in [6.45, 7) is 26.9. The second kappa shape index (κ2) is 8.04. The Morgan fingerprint density at radius 3 is 1.67 bits per heavy atom. The molecule has 0 bridgehead atoms. The van der Waals surface area contributed by atoms with Gasteiger partial charge in [-0.05, 0) is 68.3 Å². The lowest BCUT2D eigenvalue weighted by atomic mass is 9.16. The highest BCUT2D eigenvalue weighted by Crippen LogP contribution is 2.49. The van der Waals surface area contributed by atoms with Gasteiger partial charge in [-0.15, -0.1) is 0 Å². The lowest BCUT2D eigenvalue weighted by molar-refractivity contribution is 0.633. The van der Waals surface area contributed by atoms with Gasteiger partial charge in [0.05, 0.1) is 0 Å². The molecule has 3 aromatic carbocycles. The van der Waals surface area contributed by atoms with Crippen LogP contribution < -0.4 is 5.46 Å². The number of rotatable bonds is 4. The average molecular weight is 439 g/mol.